The van der Waals surface area contributed by atoms with E-state index in [1.54, 1.807) is 13.3 Å². The molecule has 1 aromatic heterocycles. The minimum atomic E-state index is -0.409. The number of aromatic amines is 1. The Balaban J connectivity index is 2.43. The second-order valence-corrected chi connectivity index (χ2v) is 4.21. The third-order valence-corrected chi connectivity index (χ3v) is 3.00. The van der Waals surface area contributed by atoms with Gasteiger partial charge in [0.1, 0.15) is 5.75 Å². The highest BCUT2D eigenvalue weighted by Gasteiger charge is 2.06. The van der Waals surface area contributed by atoms with E-state index in [0.29, 0.717) is 18.5 Å². The molecule has 0 saturated carbocycles. The highest BCUT2D eigenvalue weighted by molar-refractivity contribution is 5.33. The van der Waals surface area contributed by atoms with Crippen molar-refractivity contribution in [2.24, 2.45) is 0 Å². The zero-order valence-electron chi connectivity index (χ0n) is 11.0. The molecule has 0 spiro atoms. The summed E-state index contributed by atoms with van der Waals surface area (Å²) in [6.07, 6.45) is 2.19. The van der Waals surface area contributed by atoms with Gasteiger partial charge >= 0.3 is 5.69 Å². The Hall–Kier alpha value is -2.30. The van der Waals surface area contributed by atoms with E-state index in [-0.39, 0.29) is 5.56 Å². The van der Waals surface area contributed by atoms with Gasteiger partial charge < -0.3 is 4.74 Å². The summed E-state index contributed by atoms with van der Waals surface area (Å²) < 4.78 is 6.73. The Morgan fingerprint density at radius 2 is 1.95 bits per heavy atom. The number of methoxy groups -OCH3 is 1. The zero-order valence-corrected chi connectivity index (χ0v) is 11.0. The molecule has 0 amide bonds. The van der Waals surface area contributed by atoms with Crippen molar-refractivity contribution in [3.63, 3.8) is 0 Å². The summed E-state index contributed by atoms with van der Waals surface area (Å²) in [7, 11) is 1.59. The topological polar surface area (TPSA) is 64.1 Å². The smallest absolute Gasteiger partial charge is 0.328 e. The largest absolute Gasteiger partial charge is 0.496 e. The number of benzene rings is 1. The lowest BCUT2D eigenvalue weighted by Gasteiger charge is -2.10. The van der Waals surface area contributed by atoms with Gasteiger partial charge in [0.05, 0.1) is 13.7 Å². The van der Waals surface area contributed by atoms with Crippen LogP contribution in [0.15, 0.2) is 40.1 Å². The van der Waals surface area contributed by atoms with E-state index in [9.17, 15) is 9.59 Å². The Morgan fingerprint density at radius 1 is 1.21 bits per heavy atom. The molecule has 100 valence electrons. The summed E-state index contributed by atoms with van der Waals surface area (Å²) >= 11 is 0. The maximum Gasteiger partial charge on any atom is 0.328 e. The average Bonchev–Trinajstić information content (AvgIpc) is 2.42. The number of nitrogens with one attached hydrogen (secondary N) is 1. The molecule has 0 bridgehead atoms. The maximum atomic E-state index is 11.8. The molecule has 1 heterocycles. The van der Waals surface area contributed by atoms with E-state index in [0.717, 1.165) is 11.3 Å². The van der Waals surface area contributed by atoms with Crippen LogP contribution in [0.1, 0.15) is 18.1 Å². The number of aromatic nitrogens is 2. The normalized spacial score (nSPS) is 10.4. The van der Waals surface area contributed by atoms with Gasteiger partial charge in [-0.1, -0.05) is 25.1 Å². The monoisotopic (exact) mass is 260 g/mol. The fraction of sp³-hybridized carbons (Fsp3) is 0.286. The molecule has 1 aromatic carbocycles. The molecule has 0 radical (unpaired) electrons. The second-order valence-electron chi connectivity index (χ2n) is 4.21. The van der Waals surface area contributed by atoms with E-state index in [2.05, 4.69) is 4.98 Å². The molecule has 0 fully saturated rings. The van der Waals surface area contributed by atoms with Crippen molar-refractivity contribution < 1.29 is 4.74 Å². The molecule has 2 rings (SSSR count). The lowest BCUT2D eigenvalue weighted by atomic mass is 10.2. The molecular weight excluding hydrogens is 244 g/mol. The van der Waals surface area contributed by atoms with Crippen LogP contribution in [-0.2, 0) is 13.0 Å². The lowest BCUT2D eigenvalue weighted by Crippen LogP contribution is -2.31. The van der Waals surface area contributed by atoms with Crippen LogP contribution in [0.4, 0.5) is 0 Å². The van der Waals surface area contributed by atoms with Crippen LogP contribution < -0.4 is 16.0 Å². The van der Waals surface area contributed by atoms with Crippen molar-refractivity contribution in [2.45, 2.75) is 19.9 Å². The zero-order chi connectivity index (χ0) is 13.8. The van der Waals surface area contributed by atoms with Gasteiger partial charge in [-0.3, -0.25) is 14.3 Å². The average molecular weight is 260 g/mol. The Bertz CT molecular complexity index is 686. The molecule has 1 N–H and O–H groups in total. The summed E-state index contributed by atoms with van der Waals surface area (Å²) in [5.74, 6) is 0.721. The number of aryl methyl sites for hydroxylation is 1. The minimum Gasteiger partial charge on any atom is -0.496 e. The molecule has 0 saturated heterocycles. The molecular formula is C14H16N2O3. The number of hydrogen-bond acceptors (Lipinski definition) is 3. The molecule has 2 aromatic rings. The van der Waals surface area contributed by atoms with Crippen LogP contribution in [0.5, 0.6) is 5.75 Å². The summed E-state index contributed by atoms with van der Waals surface area (Å²) in [5, 5.41) is 0. The standard InChI is InChI=1S/C14H16N2O3/c1-3-10-8-16(14(18)15-13(10)17)9-11-6-4-5-7-12(11)19-2/h4-8H,3,9H2,1-2H3,(H,15,17,18). The molecule has 5 heteroatoms. The molecule has 0 atom stereocenters. The highest BCUT2D eigenvalue weighted by atomic mass is 16.5. The van der Waals surface area contributed by atoms with Gasteiger partial charge in [-0.15, -0.1) is 0 Å². The van der Waals surface area contributed by atoms with E-state index in [1.807, 2.05) is 31.2 Å². The van der Waals surface area contributed by atoms with E-state index in [1.165, 1.54) is 4.57 Å². The molecule has 19 heavy (non-hydrogen) atoms. The molecule has 0 aliphatic heterocycles. The van der Waals surface area contributed by atoms with Crippen LogP contribution in [0, 0.1) is 0 Å². The number of hydrogen-bond donors (Lipinski definition) is 1. The number of rotatable bonds is 4. The lowest BCUT2D eigenvalue weighted by molar-refractivity contribution is 0.408. The van der Waals surface area contributed by atoms with Gasteiger partial charge in [-0.25, -0.2) is 4.79 Å². The SMILES string of the molecule is CCc1cn(Cc2ccccc2OC)c(=O)[nH]c1=O. The quantitative estimate of drug-likeness (QED) is 0.897. The summed E-state index contributed by atoms with van der Waals surface area (Å²) in [4.78, 5) is 25.6. The van der Waals surface area contributed by atoms with Gasteiger partial charge in [-0.2, -0.15) is 0 Å². The van der Waals surface area contributed by atoms with Crippen molar-refractivity contribution >= 4 is 0 Å². The molecule has 0 aliphatic carbocycles. The van der Waals surface area contributed by atoms with E-state index in [4.69, 9.17) is 4.74 Å². The summed E-state index contributed by atoms with van der Waals surface area (Å²) in [6.45, 7) is 2.25. The number of H-pyrrole nitrogens is 1. The first-order valence-corrected chi connectivity index (χ1v) is 6.10. The maximum absolute atomic E-state index is 11.8. The van der Waals surface area contributed by atoms with Gasteiger partial charge in [0.15, 0.2) is 0 Å². The van der Waals surface area contributed by atoms with E-state index < -0.39 is 5.69 Å². The van der Waals surface area contributed by atoms with Crippen LogP contribution in [-0.4, -0.2) is 16.7 Å². The van der Waals surface area contributed by atoms with Crippen molar-refractivity contribution in [2.75, 3.05) is 7.11 Å². The fourth-order valence-corrected chi connectivity index (χ4v) is 1.94. The van der Waals surface area contributed by atoms with Crippen molar-refractivity contribution in [3.05, 3.63) is 62.4 Å². The van der Waals surface area contributed by atoms with Gasteiger partial charge in [-0.05, 0) is 12.5 Å². The van der Waals surface area contributed by atoms with Crippen LogP contribution in [0.3, 0.4) is 0 Å². The number of nitrogens with zero attached hydrogens (tertiary/aromatic N) is 1. The van der Waals surface area contributed by atoms with Crippen LogP contribution >= 0.6 is 0 Å². The first kappa shape index (κ1) is 13.1. The predicted molar refractivity (Wildman–Crippen MR) is 72.8 cm³/mol. The third-order valence-electron chi connectivity index (χ3n) is 3.00. The van der Waals surface area contributed by atoms with Gasteiger partial charge in [0.2, 0.25) is 0 Å². The highest BCUT2D eigenvalue weighted by Crippen LogP contribution is 2.17. The first-order valence-electron chi connectivity index (χ1n) is 6.10. The van der Waals surface area contributed by atoms with Crippen molar-refractivity contribution in [1.82, 2.24) is 9.55 Å². The Kier molecular flexibility index (Phi) is 3.85. The molecule has 0 unspecified atom stereocenters. The molecule has 0 aliphatic rings. The summed E-state index contributed by atoms with van der Waals surface area (Å²) in [5.41, 5.74) is 0.757. The van der Waals surface area contributed by atoms with Crippen molar-refractivity contribution in [3.8, 4) is 5.75 Å². The summed E-state index contributed by atoms with van der Waals surface area (Å²) in [6, 6.07) is 7.49. The first-order chi connectivity index (χ1) is 9.15. The third kappa shape index (κ3) is 2.76. The van der Waals surface area contributed by atoms with E-state index >= 15 is 0 Å². The van der Waals surface area contributed by atoms with Gasteiger partial charge in [0, 0.05) is 17.3 Å². The minimum absolute atomic E-state index is 0.316. The molecule has 5 nitrogen and oxygen atoms in total. The fourth-order valence-electron chi connectivity index (χ4n) is 1.94. The Morgan fingerprint density at radius 3 is 2.63 bits per heavy atom. The Labute approximate surface area is 110 Å². The second kappa shape index (κ2) is 5.56. The van der Waals surface area contributed by atoms with Crippen LogP contribution in [0.25, 0.3) is 0 Å². The number of para-hydroxylation sites is 1. The number of ether oxygens (including phenoxy) is 1. The van der Waals surface area contributed by atoms with Gasteiger partial charge in [0.25, 0.3) is 5.56 Å². The van der Waals surface area contributed by atoms with Crippen molar-refractivity contribution in [1.29, 1.82) is 0 Å². The van der Waals surface area contributed by atoms with Crippen LogP contribution in [0.2, 0.25) is 0 Å². The predicted octanol–water partition coefficient (Wildman–Crippen LogP) is 1.16.